The molecule has 1 aliphatic heterocycles. The van der Waals surface area contributed by atoms with Crippen LogP contribution in [0.5, 0.6) is 5.75 Å². The molecule has 0 radical (unpaired) electrons. The molecular formula is C23H22F3NO3. The van der Waals surface area contributed by atoms with Crippen LogP contribution in [0.4, 0.5) is 23.7 Å². The highest BCUT2D eigenvalue weighted by molar-refractivity contribution is 5.92. The van der Waals surface area contributed by atoms with Crippen LogP contribution in [0.2, 0.25) is 0 Å². The highest BCUT2D eigenvalue weighted by Gasteiger charge is 2.65. The lowest BCUT2D eigenvalue weighted by Crippen LogP contribution is -2.54. The van der Waals surface area contributed by atoms with Crippen molar-refractivity contribution in [3.05, 3.63) is 70.3 Å². The van der Waals surface area contributed by atoms with E-state index in [1.807, 2.05) is 0 Å². The Morgan fingerprint density at radius 2 is 1.83 bits per heavy atom. The summed E-state index contributed by atoms with van der Waals surface area (Å²) in [7, 11) is 1.54. The summed E-state index contributed by atoms with van der Waals surface area (Å²) < 4.78 is 54.0. The van der Waals surface area contributed by atoms with Gasteiger partial charge in [0.1, 0.15) is 5.75 Å². The van der Waals surface area contributed by atoms with Gasteiger partial charge in [-0.3, -0.25) is 4.90 Å². The summed E-state index contributed by atoms with van der Waals surface area (Å²) in [6.45, 7) is 3.24. The second-order valence-electron chi connectivity index (χ2n) is 7.73. The maximum absolute atomic E-state index is 14.5. The number of rotatable bonds is 4. The second-order valence-corrected chi connectivity index (χ2v) is 7.73. The van der Waals surface area contributed by atoms with Crippen LogP contribution in [0.3, 0.4) is 0 Å². The average Bonchev–Trinajstić information content (AvgIpc) is 3.54. The van der Waals surface area contributed by atoms with Gasteiger partial charge in [0.05, 0.1) is 19.3 Å². The van der Waals surface area contributed by atoms with Crippen molar-refractivity contribution in [3.8, 4) is 5.75 Å². The van der Waals surface area contributed by atoms with Gasteiger partial charge in [-0.25, -0.2) is 4.79 Å². The van der Waals surface area contributed by atoms with E-state index in [4.69, 9.17) is 9.47 Å². The van der Waals surface area contributed by atoms with Crippen molar-refractivity contribution in [2.45, 2.75) is 45.0 Å². The number of fused-ring (bicyclic) bond motifs is 1. The minimum absolute atomic E-state index is 0.0417. The zero-order chi connectivity index (χ0) is 21.7. The van der Waals surface area contributed by atoms with Crippen molar-refractivity contribution in [1.29, 1.82) is 0 Å². The van der Waals surface area contributed by atoms with Gasteiger partial charge in [0.15, 0.2) is 0 Å². The number of methoxy groups -OCH3 is 1. The number of amides is 1. The molecular weight excluding hydrogens is 395 g/mol. The number of aryl methyl sites for hydroxylation is 1. The summed E-state index contributed by atoms with van der Waals surface area (Å²) in [5.74, 6) is 0.652. The predicted molar refractivity (Wildman–Crippen MR) is 107 cm³/mol. The number of benzene rings is 2. The summed E-state index contributed by atoms with van der Waals surface area (Å²) in [5.41, 5.74) is -0.413. The number of carbonyl (C=O) groups is 1. The number of cyclic esters (lactones) is 1. The molecule has 0 spiro atoms. The molecule has 1 fully saturated rings. The molecule has 0 N–H and O–H groups in total. The van der Waals surface area contributed by atoms with E-state index in [1.54, 1.807) is 50.4 Å². The number of nitrogens with zero attached hydrogens (tertiary/aromatic N) is 1. The normalized spacial score (nSPS) is 20.5. The molecule has 158 valence electrons. The summed E-state index contributed by atoms with van der Waals surface area (Å²) in [5, 5.41) is 0. The van der Waals surface area contributed by atoms with E-state index in [1.165, 1.54) is 17.9 Å². The van der Waals surface area contributed by atoms with Crippen molar-refractivity contribution in [2.24, 2.45) is 0 Å². The maximum atomic E-state index is 14.5. The molecule has 0 unspecified atom stereocenters. The van der Waals surface area contributed by atoms with Crippen LogP contribution < -0.4 is 9.64 Å². The first-order valence-corrected chi connectivity index (χ1v) is 9.68. The maximum Gasteiger partial charge on any atom is 0.437 e. The molecule has 1 heterocycles. The van der Waals surface area contributed by atoms with E-state index in [2.05, 4.69) is 0 Å². The summed E-state index contributed by atoms with van der Waals surface area (Å²) in [4.78, 5) is 14.2. The van der Waals surface area contributed by atoms with Gasteiger partial charge in [0, 0.05) is 5.56 Å². The first kappa shape index (κ1) is 20.3. The van der Waals surface area contributed by atoms with Crippen molar-refractivity contribution < 1.29 is 27.4 Å². The molecule has 2 aromatic carbocycles. The van der Waals surface area contributed by atoms with Crippen molar-refractivity contribution >= 4 is 11.8 Å². The van der Waals surface area contributed by atoms with E-state index in [-0.39, 0.29) is 23.4 Å². The van der Waals surface area contributed by atoms with Crippen LogP contribution in [-0.4, -0.2) is 19.4 Å². The van der Waals surface area contributed by atoms with Crippen molar-refractivity contribution in [1.82, 2.24) is 0 Å². The number of halogens is 3. The van der Waals surface area contributed by atoms with Gasteiger partial charge >= 0.3 is 12.3 Å². The first-order valence-electron chi connectivity index (χ1n) is 9.68. The fourth-order valence-corrected chi connectivity index (χ4v) is 3.96. The lowest BCUT2D eigenvalue weighted by atomic mass is 9.82. The second kappa shape index (κ2) is 7.07. The van der Waals surface area contributed by atoms with Gasteiger partial charge in [0.2, 0.25) is 0 Å². The Labute approximate surface area is 172 Å². The van der Waals surface area contributed by atoms with Crippen molar-refractivity contribution in [2.75, 3.05) is 12.0 Å². The standard InChI is InChI=1S/C23H22F3NO3/c1-14-4-11-20-19(12-14)22(23(24,25)26,15(2)17-7-8-17)30-21(28)27(20)13-16-5-9-18(29-3)10-6-16/h4-6,9-12H,7-8,13H2,1-3H3/t22-/m0/s1. The predicted octanol–water partition coefficient (Wildman–Crippen LogP) is 6.03. The largest absolute Gasteiger partial charge is 0.497 e. The fraction of sp³-hybridized carbons (Fsp3) is 0.348. The minimum Gasteiger partial charge on any atom is -0.497 e. The van der Waals surface area contributed by atoms with E-state index in [0.717, 1.165) is 5.56 Å². The Balaban J connectivity index is 1.85. The van der Waals surface area contributed by atoms with Crippen LogP contribution in [0, 0.1) is 6.92 Å². The molecule has 30 heavy (non-hydrogen) atoms. The SMILES string of the molecule is COc1ccc(CN2C(=O)O[C@](C(C)=C3CC3)(C(F)(F)F)c3cc(C)ccc32)cc1. The van der Waals surface area contributed by atoms with Gasteiger partial charge in [-0.1, -0.05) is 29.3 Å². The Kier molecular flexibility index (Phi) is 4.79. The third kappa shape index (κ3) is 3.22. The van der Waals surface area contributed by atoms with Gasteiger partial charge < -0.3 is 9.47 Å². The monoisotopic (exact) mass is 417 g/mol. The van der Waals surface area contributed by atoms with Crippen LogP contribution in [0.15, 0.2) is 53.6 Å². The van der Waals surface area contributed by atoms with Gasteiger partial charge in [-0.15, -0.1) is 0 Å². The van der Waals surface area contributed by atoms with Gasteiger partial charge in [-0.2, -0.15) is 13.2 Å². The molecule has 7 heteroatoms. The molecule has 2 aromatic rings. The number of ether oxygens (including phenoxy) is 2. The van der Waals surface area contributed by atoms with Gasteiger partial charge in [0.25, 0.3) is 5.60 Å². The van der Waals surface area contributed by atoms with E-state index >= 15 is 0 Å². The quantitative estimate of drug-likeness (QED) is 0.571. The van der Waals surface area contributed by atoms with E-state index < -0.39 is 17.9 Å². The van der Waals surface area contributed by atoms with Gasteiger partial charge in [-0.05, 0) is 62.1 Å². The number of anilines is 1. The lowest BCUT2D eigenvalue weighted by Gasteiger charge is -2.44. The van der Waals surface area contributed by atoms with E-state index in [0.29, 0.717) is 29.7 Å². The molecule has 4 nitrogen and oxygen atoms in total. The zero-order valence-electron chi connectivity index (χ0n) is 17.0. The topological polar surface area (TPSA) is 38.8 Å². The molecule has 0 aromatic heterocycles. The van der Waals surface area contributed by atoms with Crippen LogP contribution in [0.1, 0.15) is 36.5 Å². The number of carbonyl (C=O) groups excluding carboxylic acids is 1. The van der Waals surface area contributed by atoms with Crippen LogP contribution in [0.25, 0.3) is 0 Å². The fourth-order valence-electron chi connectivity index (χ4n) is 3.96. The number of hydrogen-bond donors (Lipinski definition) is 0. The summed E-state index contributed by atoms with van der Waals surface area (Å²) in [6, 6.07) is 11.8. The number of hydrogen-bond acceptors (Lipinski definition) is 3. The third-order valence-electron chi connectivity index (χ3n) is 5.74. The summed E-state index contributed by atoms with van der Waals surface area (Å²) >= 11 is 0. The molecule has 1 atom stereocenters. The Hall–Kier alpha value is -2.96. The van der Waals surface area contributed by atoms with Crippen LogP contribution >= 0.6 is 0 Å². The van der Waals surface area contributed by atoms with E-state index in [9.17, 15) is 18.0 Å². The molecule has 0 bridgehead atoms. The molecule has 1 saturated carbocycles. The average molecular weight is 417 g/mol. The van der Waals surface area contributed by atoms with Crippen LogP contribution in [-0.2, 0) is 16.9 Å². The number of allylic oxidation sites excluding steroid dienone is 1. The Morgan fingerprint density at radius 1 is 1.17 bits per heavy atom. The highest BCUT2D eigenvalue weighted by Crippen LogP contribution is 2.56. The van der Waals surface area contributed by atoms with Crippen molar-refractivity contribution in [3.63, 3.8) is 0 Å². The lowest BCUT2D eigenvalue weighted by molar-refractivity contribution is -0.249. The molecule has 0 saturated heterocycles. The smallest absolute Gasteiger partial charge is 0.437 e. The number of alkyl halides is 3. The Bertz CT molecular complexity index is 1020. The Morgan fingerprint density at radius 3 is 2.40 bits per heavy atom. The molecule has 1 amide bonds. The first-order chi connectivity index (χ1) is 14.2. The highest BCUT2D eigenvalue weighted by atomic mass is 19.4. The molecule has 2 aliphatic rings. The third-order valence-corrected chi connectivity index (χ3v) is 5.74. The zero-order valence-corrected chi connectivity index (χ0v) is 17.0. The molecule has 4 rings (SSSR count). The minimum atomic E-state index is -4.78. The molecule has 1 aliphatic carbocycles. The summed E-state index contributed by atoms with van der Waals surface area (Å²) in [6.07, 6.45) is -4.60.